The van der Waals surface area contributed by atoms with Crippen molar-refractivity contribution in [2.75, 3.05) is 0 Å². The van der Waals surface area contributed by atoms with Gasteiger partial charge in [0.25, 0.3) is 0 Å². The average Bonchev–Trinajstić information content (AvgIpc) is 2.23. The zero-order valence-electron chi connectivity index (χ0n) is 3.89. The standard InChI is InChI=1S/C5H.CO.Mo/c1-2-4-5-3-1;1-2;/h1H;;/q-5;;+2. The molecule has 0 N–H and O–H groups in total. The van der Waals surface area contributed by atoms with Gasteiger partial charge < -0.3 is 30.3 Å². The molecule has 40 valence electrons. The van der Waals surface area contributed by atoms with Gasteiger partial charge in [0.05, 0.1) is 0 Å². The SMILES string of the molecule is [C-]#[O+].[Mo+2].[c-]1[c-][c-][cH-][c-]1. The molecular weight excluding hydrogens is 184 g/mol. The summed E-state index contributed by atoms with van der Waals surface area (Å²) in [7, 11) is 0. The van der Waals surface area contributed by atoms with E-state index in [2.05, 4.69) is 30.9 Å². The summed E-state index contributed by atoms with van der Waals surface area (Å²) >= 11 is 0. The van der Waals surface area contributed by atoms with Gasteiger partial charge in [-0.15, -0.1) is 0 Å². The van der Waals surface area contributed by atoms with E-state index >= 15 is 0 Å². The molecule has 1 aromatic carbocycles. The Morgan fingerprint density at radius 1 is 1.12 bits per heavy atom. The fraction of sp³-hybridized carbons (Fsp3) is 0. The molecule has 0 aliphatic carbocycles. The van der Waals surface area contributed by atoms with Gasteiger partial charge in [0, 0.05) is 0 Å². The summed E-state index contributed by atoms with van der Waals surface area (Å²) in [6.07, 6.45) is 0. The predicted molar refractivity (Wildman–Crippen MR) is 21.3 cm³/mol. The molecule has 0 heterocycles. The van der Waals surface area contributed by atoms with Crippen LogP contribution < -0.4 is 0 Å². The molecule has 0 unspecified atom stereocenters. The van der Waals surface area contributed by atoms with Crippen molar-refractivity contribution in [2.45, 2.75) is 0 Å². The quantitative estimate of drug-likeness (QED) is 0.320. The van der Waals surface area contributed by atoms with E-state index in [1.165, 1.54) is 0 Å². The molecule has 8 heavy (non-hydrogen) atoms. The number of rotatable bonds is 0. The van der Waals surface area contributed by atoms with Gasteiger partial charge in [-0.3, -0.25) is 0 Å². The Bertz CT molecular complexity index is 92.1. The van der Waals surface area contributed by atoms with Crippen molar-refractivity contribution in [1.82, 2.24) is 0 Å². The molecule has 0 radical (unpaired) electrons. The van der Waals surface area contributed by atoms with E-state index in [-0.39, 0.29) is 21.1 Å². The fourth-order valence-electron chi connectivity index (χ4n) is 0.180. The first-order valence-electron chi connectivity index (χ1n) is 1.53. The van der Waals surface area contributed by atoms with Crippen molar-refractivity contribution in [3.63, 3.8) is 0 Å². The molecule has 0 saturated carbocycles. The van der Waals surface area contributed by atoms with Crippen LogP contribution in [0.2, 0.25) is 0 Å². The minimum atomic E-state index is 0. The second-order valence-corrected chi connectivity index (χ2v) is 0.683. The summed E-state index contributed by atoms with van der Waals surface area (Å²) in [4.78, 5) is 0. The van der Waals surface area contributed by atoms with Crippen LogP contribution >= 0.6 is 0 Å². The molecule has 0 aliphatic rings. The van der Waals surface area contributed by atoms with E-state index in [0.29, 0.717) is 0 Å². The molecule has 2 heteroatoms. The van der Waals surface area contributed by atoms with Gasteiger partial charge in [-0.25, -0.2) is 0 Å². The summed E-state index contributed by atoms with van der Waals surface area (Å²) in [5.74, 6) is 0. The van der Waals surface area contributed by atoms with E-state index in [1.54, 1.807) is 6.07 Å². The van der Waals surface area contributed by atoms with Crippen LogP contribution in [0.5, 0.6) is 0 Å². The minimum absolute atomic E-state index is 0. The molecule has 0 aromatic heterocycles. The Morgan fingerprint density at radius 3 is 1.62 bits per heavy atom. The monoisotopic (exact) mass is 187 g/mol. The Morgan fingerprint density at radius 2 is 1.50 bits per heavy atom. The first-order chi connectivity index (χ1) is 3.50. The van der Waals surface area contributed by atoms with Crippen molar-refractivity contribution in [3.8, 4) is 0 Å². The molecule has 1 aromatic rings. The number of hydrogen-bond donors (Lipinski definition) is 0. The Balaban J connectivity index is 0. The summed E-state index contributed by atoms with van der Waals surface area (Å²) in [6, 6.07) is 12.0. The van der Waals surface area contributed by atoms with Gasteiger partial charge in [-0.05, 0) is 0 Å². The fourth-order valence-corrected chi connectivity index (χ4v) is 0.180. The summed E-state index contributed by atoms with van der Waals surface area (Å²) in [5, 5.41) is 0. The molecule has 0 amide bonds. The third kappa shape index (κ3) is 5.78. The predicted octanol–water partition coefficient (Wildman–Crippen LogP) is 0.566. The number of hydrogen-bond acceptors (Lipinski definition) is 0. The van der Waals surface area contributed by atoms with E-state index in [1.807, 2.05) is 0 Å². The van der Waals surface area contributed by atoms with Crippen molar-refractivity contribution in [3.05, 3.63) is 37.0 Å². The van der Waals surface area contributed by atoms with Gasteiger partial charge in [0.1, 0.15) is 0 Å². The molecule has 0 spiro atoms. The van der Waals surface area contributed by atoms with Crippen molar-refractivity contribution in [2.24, 2.45) is 0 Å². The van der Waals surface area contributed by atoms with E-state index in [4.69, 9.17) is 4.65 Å². The Hall–Kier alpha value is -0.222. The van der Waals surface area contributed by atoms with Crippen LogP contribution in [0.15, 0.2) is 6.07 Å². The maximum Gasteiger partial charge on any atom is 2.00 e. The van der Waals surface area contributed by atoms with Crippen molar-refractivity contribution < 1.29 is 25.7 Å². The van der Waals surface area contributed by atoms with Gasteiger partial charge in [0.15, 0.2) is 0 Å². The topological polar surface area (TPSA) is 19.9 Å². The van der Waals surface area contributed by atoms with Crippen molar-refractivity contribution >= 4 is 0 Å². The smallest absolute Gasteiger partial charge is 0.999 e. The van der Waals surface area contributed by atoms with Crippen LogP contribution in [0, 0.1) is 30.9 Å². The van der Waals surface area contributed by atoms with Crippen LogP contribution in [-0.4, -0.2) is 0 Å². The normalized spacial score (nSPS) is 5.25. The maximum absolute atomic E-state index is 7.50. The summed E-state index contributed by atoms with van der Waals surface area (Å²) in [6.45, 7) is 4.50. The van der Waals surface area contributed by atoms with Gasteiger partial charge in [-0.2, -0.15) is 0 Å². The summed E-state index contributed by atoms with van der Waals surface area (Å²) in [5.41, 5.74) is 0. The molecule has 0 fully saturated rings. The third-order valence-electron chi connectivity index (χ3n) is 0.351. The van der Waals surface area contributed by atoms with Crippen molar-refractivity contribution in [1.29, 1.82) is 0 Å². The second-order valence-electron chi connectivity index (χ2n) is 0.683. The average molecular weight is 185 g/mol. The molecule has 0 bridgehead atoms. The van der Waals surface area contributed by atoms with Gasteiger partial charge in [-0.1, -0.05) is 0 Å². The molecule has 1 rings (SSSR count). The maximum atomic E-state index is 7.50. The van der Waals surface area contributed by atoms with E-state index < -0.39 is 0 Å². The van der Waals surface area contributed by atoms with Crippen LogP contribution in [0.25, 0.3) is 0 Å². The van der Waals surface area contributed by atoms with Crippen LogP contribution in [0.3, 0.4) is 0 Å². The third-order valence-corrected chi connectivity index (χ3v) is 0.351. The summed E-state index contributed by atoms with van der Waals surface area (Å²) < 4.78 is 7.50. The minimum Gasteiger partial charge on any atom is -0.999 e. The zero-order chi connectivity index (χ0) is 5.54. The zero-order valence-corrected chi connectivity index (χ0v) is 5.90. The largest absolute Gasteiger partial charge is 2.00 e. The van der Waals surface area contributed by atoms with Crippen LogP contribution in [0.1, 0.15) is 0 Å². The van der Waals surface area contributed by atoms with E-state index in [9.17, 15) is 0 Å². The van der Waals surface area contributed by atoms with Gasteiger partial charge in [0.2, 0.25) is 0 Å². The molecule has 0 atom stereocenters. The first kappa shape index (κ1) is 10.7. The molecular formula is C6HMoO-3. The van der Waals surface area contributed by atoms with Crippen LogP contribution in [0.4, 0.5) is 0 Å². The van der Waals surface area contributed by atoms with E-state index in [0.717, 1.165) is 0 Å². The first-order valence-corrected chi connectivity index (χ1v) is 1.53. The molecule has 0 aliphatic heterocycles. The van der Waals surface area contributed by atoms with Crippen LogP contribution in [-0.2, 0) is 25.7 Å². The van der Waals surface area contributed by atoms with Gasteiger partial charge >= 0.3 is 32.4 Å². The second kappa shape index (κ2) is 9.91. The molecule has 1 nitrogen and oxygen atoms in total. The Labute approximate surface area is 63.1 Å². The Kier molecular flexibility index (Phi) is 13.3. The molecule has 0 saturated heterocycles.